The van der Waals surface area contributed by atoms with Crippen molar-refractivity contribution in [2.75, 3.05) is 13.1 Å². The monoisotopic (exact) mass is 444 g/mol. The van der Waals surface area contributed by atoms with Crippen molar-refractivity contribution in [3.63, 3.8) is 0 Å². The molecule has 0 aromatic heterocycles. The molecule has 5 nitrogen and oxygen atoms in total. The molecule has 1 aromatic rings. The van der Waals surface area contributed by atoms with E-state index in [2.05, 4.69) is 5.32 Å². The maximum Gasteiger partial charge on any atom is 0.243 e. The predicted molar refractivity (Wildman–Crippen MR) is 121 cm³/mol. The van der Waals surface area contributed by atoms with Gasteiger partial charge in [0.25, 0.3) is 0 Å². The summed E-state index contributed by atoms with van der Waals surface area (Å²) in [5, 5.41) is 3.27. The Kier molecular flexibility index (Phi) is 5.45. The van der Waals surface area contributed by atoms with E-state index >= 15 is 0 Å². The van der Waals surface area contributed by atoms with Crippen LogP contribution in [0.15, 0.2) is 23.1 Å². The second kappa shape index (κ2) is 7.87. The molecule has 1 N–H and O–H groups in total. The van der Waals surface area contributed by atoms with Crippen LogP contribution in [-0.4, -0.2) is 37.8 Å². The lowest BCUT2D eigenvalue weighted by molar-refractivity contribution is -0.130. The number of carbonyl (C=O) groups excluding carboxylic acids is 1. The fourth-order valence-electron chi connectivity index (χ4n) is 7.49. The maximum absolute atomic E-state index is 13.1. The smallest absolute Gasteiger partial charge is 0.243 e. The van der Waals surface area contributed by atoms with E-state index in [0.717, 1.165) is 28.9 Å². The SMILES string of the molecule is Cc1ccc(C)c(S(=O)(=O)N2CCC(NC(=O)CC34CC5CC(CC(C5)C3)C4)CC2)c1. The highest BCUT2D eigenvalue weighted by Gasteiger charge is 2.51. The number of hydrogen-bond acceptors (Lipinski definition) is 3. The third-order valence-electron chi connectivity index (χ3n) is 8.48. The molecule has 4 bridgehead atoms. The highest BCUT2D eigenvalue weighted by molar-refractivity contribution is 7.89. The van der Waals surface area contributed by atoms with Gasteiger partial charge in [0.2, 0.25) is 15.9 Å². The Hall–Kier alpha value is -1.40. The molecule has 0 radical (unpaired) electrons. The van der Waals surface area contributed by atoms with Crippen molar-refractivity contribution in [3.05, 3.63) is 29.3 Å². The molecule has 1 aromatic carbocycles. The summed E-state index contributed by atoms with van der Waals surface area (Å²) in [7, 11) is -3.48. The van der Waals surface area contributed by atoms with Crippen molar-refractivity contribution < 1.29 is 13.2 Å². The van der Waals surface area contributed by atoms with Gasteiger partial charge in [-0.1, -0.05) is 12.1 Å². The quantitative estimate of drug-likeness (QED) is 0.741. The summed E-state index contributed by atoms with van der Waals surface area (Å²) in [6, 6.07) is 5.68. The van der Waals surface area contributed by atoms with E-state index in [1.807, 2.05) is 26.0 Å². The van der Waals surface area contributed by atoms with E-state index in [4.69, 9.17) is 0 Å². The van der Waals surface area contributed by atoms with Crippen LogP contribution < -0.4 is 5.32 Å². The molecule has 0 spiro atoms. The molecule has 4 saturated carbocycles. The summed E-state index contributed by atoms with van der Waals surface area (Å²) in [5.41, 5.74) is 2.00. The normalized spacial score (nSPS) is 33.5. The molecule has 170 valence electrons. The molecule has 0 unspecified atom stereocenters. The van der Waals surface area contributed by atoms with Crippen LogP contribution in [-0.2, 0) is 14.8 Å². The van der Waals surface area contributed by atoms with Crippen molar-refractivity contribution in [2.24, 2.45) is 23.2 Å². The minimum absolute atomic E-state index is 0.0893. The predicted octanol–water partition coefficient (Wildman–Crippen LogP) is 4.18. The molecule has 1 heterocycles. The Morgan fingerprint density at radius 3 is 2.19 bits per heavy atom. The standard InChI is InChI=1S/C25H36N2O3S/c1-17-3-4-18(2)23(9-17)31(29,30)27-7-5-22(6-8-27)26-24(28)16-25-13-19-10-20(14-25)12-21(11-19)15-25/h3-4,9,19-22H,5-8,10-16H2,1-2H3,(H,26,28). The summed E-state index contributed by atoms with van der Waals surface area (Å²) in [6.45, 7) is 4.71. The highest BCUT2D eigenvalue weighted by Crippen LogP contribution is 2.61. The fourth-order valence-corrected chi connectivity index (χ4v) is 9.27. The lowest BCUT2D eigenvalue weighted by Crippen LogP contribution is -2.50. The van der Waals surface area contributed by atoms with E-state index < -0.39 is 10.0 Å². The Morgan fingerprint density at radius 1 is 1.03 bits per heavy atom. The number of nitrogens with one attached hydrogen (secondary N) is 1. The molecule has 4 aliphatic carbocycles. The summed E-state index contributed by atoms with van der Waals surface area (Å²) in [5.74, 6) is 2.77. The van der Waals surface area contributed by atoms with Crippen LogP contribution >= 0.6 is 0 Å². The molecule has 6 heteroatoms. The van der Waals surface area contributed by atoms with Crippen LogP contribution in [0.3, 0.4) is 0 Å². The van der Waals surface area contributed by atoms with E-state index in [1.54, 1.807) is 10.4 Å². The Bertz CT molecular complexity index is 928. The van der Waals surface area contributed by atoms with Gasteiger partial charge >= 0.3 is 0 Å². The first-order valence-corrected chi connectivity index (χ1v) is 13.5. The zero-order valence-electron chi connectivity index (χ0n) is 18.9. The fraction of sp³-hybridized carbons (Fsp3) is 0.720. The lowest BCUT2D eigenvalue weighted by Gasteiger charge is -2.56. The number of sulfonamides is 1. The van der Waals surface area contributed by atoms with Crippen molar-refractivity contribution >= 4 is 15.9 Å². The first kappa shape index (κ1) is 21.4. The topological polar surface area (TPSA) is 66.5 Å². The van der Waals surface area contributed by atoms with Crippen molar-refractivity contribution in [1.29, 1.82) is 0 Å². The third-order valence-corrected chi connectivity index (χ3v) is 10.5. The second-order valence-corrected chi connectivity index (χ2v) is 13.0. The molecule has 5 fully saturated rings. The van der Waals surface area contributed by atoms with Gasteiger partial charge in [-0.3, -0.25) is 4.79 Å². The largest absolute Gasteiger partial charge is 0.353 e. The van der Waals surface area contributed by atoms with Crippen LogP contribution in [0.2, 0.25) is 0 Å². The average molecular weight is 445 g/mol. The number of nitrogens with zero attached hydrogens (tertiary/aromatic N) is 1. The molecule has 1 saturated heterocycles. The highest BCUT2D eigenvalue weighted by atomic mass is 32.2. The minimum atomic E-state index is -3.48. The number of carbonyl (C=O) groups is 1. The second-order valence-electron chi connectivity index (χ2n) is 11.1. The summed E-state index contributed by atoms with van der Waals surface area (Å²) in [6.07, 6.45) is 10.00. The van der Waals surface area contributed by atoms with E-state index in [1.165, 1.54) is 38.5 Å². The summed E-state index contributed by atoms with van der Waals surface area (Å²) < 4.78 is 27.9. The summed E-state index contributed by atoms with van der Waals surface area (Å²) in [4.78, 5) is 13.3. The maximum atomic E-state index is 13.1. The molecular formula is C25H36N2O3S. The van der Waals surface area contributed by atoms with Gasteiger partial charge in [0.05, 0.1) is 4.90 Å². The molecule has 1 aliphatic heterocycles. The van der Waals surface area contributed by atoms with Gasteiger partial charge < -0.3 is 5.32 Å². The van der Waals surface area contributed by atoms with Crippen LogP contribution in [0.1, 0.15) is 68.9 Å². The number of hydrogen-bond donors (Lipinski definition) is 1. The van der Waals surface area contributed by atoms with Gasteiger partial charge in [-0.15, -0.1) is 0 Å². The Morgan fingerprint density at radius 2 is 1.61 bits per heavy atom. The lowest BCUT2D eigenvalue weighted by atomic mass is 9.49. The molecule has 5 aliphatic rings. The van der Waals surface area contributed by atoms with Crippen LogP contribution in [0.4, 0.5) is 0 Å². The number of piperidine rings is 1. The first-order valence-electron chi connectivity index (χ1n) is 12.1. The zero-order valence-corrected chi connectivity index (χ0v) is 19.7. The summed E-state index contributed by atoms with van der Waals surface area (Å²) >= 11 is 0. The number of benzene rings is 1. The number of amides is 1. The van der Waals surface area contributed by atoms with Gasteiger partial charge in [-0.25, -0.2) is 8.42 Å². The van der Waals surface area contributed by atoms with Gasteiger partial charge in [0, 0.05) is 25.6 Å². The average Bonchev–Trinajstić information content (AvgIpc) is 2.68. The Labute approximate surface area is 187 Å². The molecular weight excluding hydrogens is 408 g/mol. The van der Waals surface area contributed by atoms with Gasteiger partial charge in [0.1, 0.15) is 0 Å². The molecule has 31 heavy (non-hydrogen) atoms. The van der Waals surface area contributed by atoms with Gasteiger partial charge in [-0.2, -0.15) is 4.31 Å². The van der Waals surface area contributed by atoms with Crippen molar-refractivity contribution in [1.82, 2.24) is 9.62 Å². The zero-order chi connectivity index (χ0) is 21.8. The van der Waals surface area contributed by atoms with Crippen molar-refractivity contribution in [2.45, 2.75) is 82.6 Å². The van der Waals surface area contributed by atoms with Crippen LogP contribution in [0, 0.1) is 37.0 Å². The molecule has 6 rings (SSSR count). The van der Waals surface area contributed by atoms with Crippen LogP contribution in [0.5, 0.6) is 0 Å². The van der Waals surface area contributed by atoms with Gasteiger partial charge in [-0.05, 0) is 106 Å². The minimum Gasteiger partial charge on any atom is -0.353 e. The molecule has 1 amide bonds. The van der Waals surface area contributed by atoms with Crippen LogP contribution in [0.25, 0.3) is 0 Å². The number of aryl methyl sites for hydroxylation is 2. The van der Waals surface area contributed by atoms with Crippen molar-refractivity contribution in [3.8, 4) is 0 Å². The molecule has 0 atom stereocenters. The van der Waals surface area contributed by atoms with E-state index in [0.29, 0.717) is 37.2 Å². The third kappa shape index (κ3) is 4.18. The van der Waals surface area contributed by atoms with Gasteiger partial charge in [0.15, 0.2) is 0 Å². The Balaban J connectivity index is 1.17. The van der Waals surface area contributed by atoms with E-state index in [-0.39, 0.29) is 17.4 Å². The van der Waals surface area contributed by atoms with E-state index in [9.17, 15) is 13.2 Å². The number of rotatable bonds is 5. The first-order chi connectivity index (χ1) is 14.7.